The Labute approximate surface area is 105 Å². The molecule has 0 bridgehead atoms. The summed E-state index contributed by atoms with van der Waals surface area (Å²) >= 11 is 0. The highest BCUT2D eigenvalue weighted by atomic mass is 16.4. The van der Waals surface area contributed by atoms with E-state index in [1.54, 1.807) is 13.2 Å². The standard InChI is InChI=1S/C13H15N3O2/c1-9-5-3-4-6-10(9)7-14-11-8-16(2)15-12(11)13(17)18/h3-6,8,14H,7H2,1-2H3,(H,17,18). The predicted octanol–water partition coefficient (Wildman–Crippen LogP) is 2.04. The molecule has 5 heteroatoms. The Kier molecular flexibility index (Phi) is 3.32. The minimum absolute atomic E-state index is 0.0473. The van der Waals surface area contributed by atoms with Crippen LogP contribution >= 0.6 is 0 Å². The smallest absolute Gasteiger partial charge is 0.358 e. The molecule has 1 aromatic heterocycles. The first-order chi connectivity index (χ1) is 8.58. The summed E-state index contributed by atoms with van der Waals surface area (Å²) in [5, 5.41) is 16.0. The monoisotopic (exact) mass is 245 g/mol. The van der Waals surface area contributed by atoms with Crippen molar-refractivity contribution in [2.45, 2.75) is 13.5 Å². The van der Waals surface area contributed by atoms with Crippen LogP contribution in [0.2, 0.25) is 0 Å². The Morgan fingerprint density at radius 1 is 1.44 bits per heavy atom. The predicted molar refractivity (Wildman–Crippen MR) is 68.7 cm³/mol. The van der Waals surface area contributed by atoms with Gasteiger partial charge in [-0.1, -0.05) is 24.3 Å². The van der Waals surface area contributed by atoms with E-state index in [-0.39, 0.29) is 5.69 Å². The van der Waals surface area contributed by atoms with Gasteiger partial charge in [0, 0.05) is 19.8 Å². The third-order valence-corrected chi connectivity index (χ3v) is 2.76. The number of aromatic carboxylic acids is 1. The molecule has 0 spiro atoms. The summed E-state index contributed by atoms with van der Waals surface area (Å²) in [6.07, 6.45) is 1.67. The molecule has 0 aliphatic carbocycles. The van der Waals surface area contributed by atoms with Crippen LogP contribution in [0, 0.1) is 6.92 Å². The molecule has 0 saturated carbocycles. The van der Waals surface area contributed by atoms with Crippen molar-refractivity contribution < 1.29 is 9.90 Å². The second kappa shape index (κ2) is 4.91. The summed E-state index contributed by atoms with van der Waals surface area (Å²) < 4.78 is 1.49. The molecule has 0 amide bonds. The number of hydrogen-bond acceptors (Lipinski definition) is 3. The van der Waals surface area contributed by atoms with E-state index in [1.807, 2.05) is 31.2 Å². The van der Waals surface area contributed by atoms with Gasteiger partial charge < -0.3 is 10.4 Å². The number of anilines is 1. The van der Waals surface area contributed by atoms with E-state index in [9.17, 15) is 4.79 Å². The molecular formula is C13H15N3O2. The average molecular weight is 245 g/mol. The first-order valence-corrected chi connectivity index (χ1v) is 5.63. The molecule has 2 aromatic rings. The van der Waals surface area contributed by atoms with Gasteiger partial charge in [-0.15, -0.1) is 0 Å². The molecule has 0 saturated heterocycles. The zero-order chi connectivity index (χ0) is 13.1. The highest BCUT2D eigenvalue weighted by Gasteiger charge is 2.14. The molecule has 0 unspecified atom stereocenters. The number of carboxylic acids is 1. The second-order valence-corrected chi connectivity index (χ2v) is 4.15. The van der Waals surface area contributed by atoms with Gasteiger partial charge >= 0.3 is 5.97 Å². The van der Waals surface area contributed by atoms with Gasteiger partial charge in [0.25, 0.3) is 0 Å². The number of aryl methyl sites for hydroxylation is 2. The molecule has 1 heterocycles. The van der Waals surface area contributed by atoms with Crippen molar-refractivity contribution >= 4 is 11.7 Å². The third-order valence-electron chi connectivity index (χ3n) is 2.76. The van der Waals surface area contributed by atoms with Crippen molar-refractivity contribution in [3.05, 3.63) is 47.3 Å². The molecule has 0 radical (unpaired) electrons. The fraction of sp³-hybridized carbons (Fsp3) is 0.231. The van der Waals surface area contributed by atoms with Crippen molar-refractivity contribution in [1.82, 2.24) is 9.78 Å². The topological polar surface area (TPSA) is 67.2 Å². The summed E-state index contributed by atoms with van der Waals surface area (Å²) in [4.78, 5) is 11.0. The number of nitrogens with zero attached hydrogens (tertiary/aromatic N) is 2. The fourth-order valence-electron chi connectivity index (χ4n) is 1.77. The van der Waals surface area contributed by atoms with Crippen LogP contribution < -0.4 is 5.32 Å². The van der Waals surface area contributed by atoms with Crippen LogP contribution in [0.1, 0.15) is 21.6 Å². The van der Waals surface area contributed by atoms with Gasteiger partial charge in [-0.05, 0) is 18.1 Å². The van der Waals surface area contributed by atoms with Gasteiger partial charge in [0.15, 0.2) is 5.69 Å². The Bertz CT molecular complexity index is 575. The van der Waals surface area contributed by atoms with Gasteiger partial charge in [-0.25, -0.2) is 4.79 Å². The summed E-state index contributed by atoms with van der Waals surface area (Å²) in [6.45, 7) is 2.61. The van der Waals surface area contributed by atoms with Crippen molar-refractivity contribution in [3.8, 4) is 0 Å². The highest BCUT2D eigenvalue weighted by molar-refractivity contribution is 5.91. The second-order valence-electron chi connectivity index (χ2n) is 4.15. The van der Waals surface area contributed by atoms with Gasteiger partial charge in [0.1, 0.15) is 0 Å². The first-order valence-electron chi connectivity index (χ1n) is 5.63. The molecule has 0 aliphatic rings. The number of nitrogens with one attached hydrogen (secondary N) is 1. The highest BCUT2D eigenvalue weighted by Crippen LogP contribution is 2.15. The third kappa shape index (κ3) is 2.51. The minimum Gasteiger partial charge on any atom is -0.476 e. The minimum atomic E-state index is -1.03. The van der Waals surface area contributed by atoms with Gasteiger partial charge in [-0.2, -0.15) is 5.10 Å². The number of aromatic nitrogens is 2. The van der Waals surface area contributed by atoms with Crippen LogP contribution in [-0.2, 0) is 13.6 Å². The average Bonchev–Trinajstić information content (AvgIpc) is 2.70. The fourth-order valence-corrected chi connectivity index (χ4v) is 1.77. The summed E-state index contributed by atoms with van der Waals surface area (Å²) in [5.41, 5.74) is 2.89. The van der Waals surface area contributed by atoms with Crippen LogP contribution in [0.15, 0.2) is 30.5 Å². The van der Waals surface area contributed by atoms with E-state index in [2.05, 4.69) is 10.4 Å². The summed E-state index contributed by atoms with van der Waals surface area (Å²) in [6, 6.07) is 7.98. The lowest BCUT2D eigenvalue weighted by molar-refractivity contribution is 0.0690. The molecule has 94 valence electrons. The molecule has 0 atom stereocenters. The molecule has 2 N–H and O–H groups in total. The Morgan fingerprint density at radius 3 is 2.83 bits per heavy atom. The maximum absolute atomic E-state index is 11.0. The van der Waals surface area contributed by atoms with Crippen molar-refractivity contribution in [2.75, 3.05) is 5.32 Å². The van der Waals surface area contributed by atoms with Crippen LogP contribution in [0.25, 0.3) is 0 Å². The number of rotatable bonds is 4. The van der Waals surface area contributed by atoms with Crippen LogP contribution in [0.3, 0.4) is 0 Å². The summed E-state index contributed by atoms with van der Waals surface area (Å²) in [7, 11) is 1.70. The molecule has 18 heavy (non-hydrogen) atoms. The SMILES string of the molecule is Cc1ccccc1CNc1cn(C)nc1C(=O)O. The summed E-state index contributed by atoms with van der Waals surface area (Å²) in [5.74, 6) is -1.03. The number of carbonyl (C=O) groups is 1. The number of carboxylic acid groups (broad SMARTS) is 1. The zero-order valence-electron chi connectivity index (χ0n) is 10.3. The van der Waals surface area contributed by atoms with E-state index in [1.165, 1.54) is 10.2 Å². The number of benzene rings is 1. The molecule has 0 aliphatic heterocycles. The van der Waals surface area contributed by atoms with Crippen molar-refractivity contribution in [2.24, 2.45) is 7.05 Å². The Balaban J connectivity index is 2.16. The molecular weight excluding hydrogens is 230 g/mol. The van der Waals surface area contributed by atoms with Gasteiger partial charge in [0.05, 0.1) is 5.69 Å². The normalized spacial score (nSPS) is 10.3. The Hall–Kier alpha value is -2.30. The van der Waals surface area contributed by atoms with E-state index in [4.69, 9.17) is 5.11 Å². The van der Waals surface area contributed by atoms with E-state index < -0.39 is 5.97 Å². The quantitative estimate of drug-likeness (QED) is 0.865. The largest absolute Gasteiger partial charge is 0.476 e. The zero-order valence-corrected chi connectivity index (χ0v) is 10.3. The first kappa shape index (κ1) is 12.2. The van der Waals surface area contributed by atoms with Crippen molar-refractivity contribution in [1.29, 1.82) is 0 Å². The van der Waals surface area contributed by atoms with Gasteiger partial charge in [-0.3, -0.25) is 4.68 Å². The van der Waals surface area contributed by atoms with Crippen LogP contribution in [0.4, 0.5) is 5.69 Å². The lowest BCUT2D eigenvalue weighted by Gasteiger charge is -2.07. The van der Waals surface area contributed by atoms with Crippen LogP contribution in [-0.4, -0.2) is 20.9 Å². The van der Waals surface area contributed by atoms with Gasteiger partial charge in [0.2, 0.25) is 0 Å². The molecule has 1 aromatic carbocycles. The van der Waals surface area contributed by atoms with Crippen molar-refractivity contribution in [3.63, 3.8) is 0 Å². The number of hydrogen-bond donors (Lipinski definition) is 2. The van der Waals surface area contributed by atoms with E-state index in [0.29, 0.717) is 12.2 Å². The van der Waals surface area contributed by atoms with E-state index >= 15 is 0 Å². The molecule has 5 nitrogen and oxygen atoms in total. The Morgan fingerprint density at radius 2 is 2.17 bits per heavy atom. The molecule has 0 fully saturated rings. The lowest BCUT2D eigenvalue weighted by atomic mass is 10.1. The van der Waals surface area contributed by atoms with E-state index in [0.717, 1.165) is 5.56 Å². The maximum Gasteiger partial charge on any atom is 0.358 e. The lowest BCUT2D eigenvalue weighted by Crippen LogP contribution is -2.06. The molecule has 2 rings (SSSR count). The van der Waals surface area contributed by atoms with Crippen LogP contribution in [0.5, 0.6) is 0 Å². The maximum atomic E-state index is 11.0.